The third kappa shape index (κ3) is 2.83. The van der Waals surface area contributed by atoms with Crippen molar-refractivity contribution < 1.29 is 14.6 Å². The van der Waals surface area contributed by atoms with E-state index in [9.17, 15) is 5.11 Å². The largest absolute Gasteiger partial charge is 0.497 e. The summed E-state index contributed by atoms with van der Waals surface area (Å²) in [5, 5.41) is 9.98. The lowest BCUT2D eigenvalue weighted by atomic mass is 9.90. The molecule has 4 heteroatoms. The van der Waals surface area contributed by atoms with Crippen LogP contribution in [0.1, 0.15) is 13.8 Å². The van der Waals surface area contributed by atoms with Gasteiger partial charge in [0.2, 0.25) is 0 Å². The van der Waals surface area contributed by atoms with Crippen molar-refractivity contribution in [2.45, 2.75) is 30.4 Å². The first kappa shape index (κ1) is 12.7. The van der Waals surface area contributed by atoms with Crippen molar-refractivity contribution in [2.24, 2.45) is 0 Å². The van der Waals surface area contributed by atoms with Gasteiger partial charge in [0, 0.05) is 12.7 Å². The standard InChI is InChI=1S/C11H17BrO3/c1-11(2,13)7-5-10(15-4)8(12)6-9(7)14-3/h5-6,8,10,13H,1-4H3. The average Bonchev–Trinajstić information content (AvgIpc) is 2.15. The second kappa shape index (κ2) is 4.68. The molecule has 0 aromatic heterocycles. The van der Waals surface area contributed by atoms with Crippen LogP contribution in [0.3, 0.4) is 0 Å². The van der Waals surface area contributed by atoms with Crippen LogP contribution in [0.15, 0.2) is 23.5 Å². The fraction of sp³-hybridized carbons (Fsp3) is 0.636. The highest BCUT2D eigenvalue weighted by Gasteiger charge is 2.31. The second-order valence-electron chi connectivity index (χ2n) is 4.02. The van der Waals surface area contributed by atoms with Crippen LogP contribution in [-0.2, 0) is 9.47 Å². The number of alkyl halides is 1. The minimum absolute atomic E-state index is 0.0727. The van der Waals surface area contributed by atoms with E-state index in [2.05, 4.69) is 15.9 Å². The van der Waals surface area contributed by atoms with Gasteiger partial charge in [-0.1, -0.05) is 15.9 Å². The molecule has 0 saturated heterocycles. The fourth-order valence-corrected chi connectivity index (χ4v) is 2.16. The molecule has 1 aliphatic carbocycles. The predicted molar refractivity (Wildman–Crippen MR) is 63.0 cm³/mol. The van der Waals surface area contributed by atoms with Crippen molar-refractivity contribution in [3.8, 4) is 0 Å². The molecule has 3 nitrogen and oxygen atoms in total. The molecular weight excluding hydrogens is 260 g/mol. The number of hydrogen-bond acceptors (Lipinski definition) is 3. The van der Waals surface area contributed by atoms with Gasteiger partial charge in [-0.05, 0) is 26.0 Å². The number of aliphatic hydroxyl groups is 1. The molecule has 15 heavy (non-hydrogen) atoms. The van der Waals surface area contributed by atoms with Gasteiger partial charge in [0.15, 0.2) is 0 Å². The molecule has 1 aliphatic rings. The van der Waals surface area contributed by atoms with Gasteiger partial charge in [-0.2, -0.15) is 0 Å². The summed E-state index contributed by atoms with van der Waals surface area (Å²) in [4.78, 5) is 0.0727. The van der Waals surface area contributed by atoms with Gasteiger partial charge in [-0.15, -0.1) is 0 Å². The van der Waals surface area contributed by atoms with E-state index in [1.54, 1.807) is 28.1 Å². The summed E-state index contributed by atoms with van der Waals surface area (Å²) in [6.07, 6.45) is 3.71. The maximum absolute atomic E-state index is 9.98. The summed E-state index contributed by atoms with van der Waals surface area (Å²) < 4.78 is 10.5. The van der Waals surface area contributed by atoms with Crippen LogP contribution in [0, 0.1) is 0 Å². The molecule has 1 rings (SSSR count). The van der Waals surface area contributed by atoms with Gasteiger partial charge >= 0.3 is 0 Å². The number of halogens is 1. The van der Waals surface area contributed by atoms with Gasteiger partial charge in [0.05, 0.1) is 23.6 Å². The van der Waals surface area contributed by atoms with E-state index < -0.39 is 5.60 Å². The zero-order valence-corrected chi connectivity index (χ0v) is 11.0. The normalized spacial score (nSPS) is 27.1. The Hall–Kier alpha value is -0.320. The molecule has 0 aromatic carbocycles. The molecule has 0 spiro atoms. The minimum atomic E-state index is -0.925. The summed E-state index contributed by atoms with van der Waals surface area (Å²) >= 11 is 3.48. The molecule has 0 saturated carbocycles. The maximum Gasteiger partial charge on any atom is 0.121 e. The SMILES string of the molecule is COC1=CC(Br)C(OC)C=C1C(C)(C)O. The van der Waals surface area contributed by atoms with E-state index in [-0.39, 0.29) is 10.9 Å². The first-order valence-corrected chi connectivity index (χ1v) is 5.69. The van der Waals surface area contributed by atoms with Crippen LogP contribution in [0.25, 0.3) is 0 Å². The van der Waals surface area contributed by atoms with Crippen molar-refractivity contribution in [2.75, 3.05) is 14.2 Å². The van der Waals surface area contributed by atoms with Crippen molar-refractivity contribution in [1.82, 2.24) is 0 Å². The Labute approximate surface area is 98.9 Å². The summed E-state index contributed by atoms with van der Waals surface area (Å²) in [6, 6.07) is 0. The summed E-state index contributed by atoms with van der Waals surface area (Å²) in [6.45, 7) is 3.46. The summed E-state index contributed by atoms with van der Waals surface area (Å²) in [5.41, 5.74) is -0.168. The number of hydrogen-bond donors (Lipinski definition) is 1. The fourth-order valence-electron chi connectivity index (χ4n) is 1.55. The van der Waals surface area contributed by atoms with Gasteiger partial charge in [0.25, 0.3) is 0 Å². The Kier molecular flexibility index (Phi) is 3.98. The molecule has 2 atom stereocenters. The van der Waals surface area contributed by atoms with E-state index in [4.69, 9.17) is 9.47 Å². The van der Waals surface area contributed by atoms with Crippen molar-refractivity contribution in [3.63, 3.8) is 0 Å². The van der Waals surface area contributed by atoms with Gasteiger partial charge in [0.1, 0.15) is 5.76 Å². The maximum atomic E-state index is 9.98. The van der Waals surface area contributed by atoms with Crippen molar-refractivity contribution >= 4 is 15.9 Å². The smallest absolute Gasteiger partial charge is 0.121 e. The first-order valence-electron chi connectivity index (χ1n) is 4.78. The molecule has 0 amide bonds. The zero-order valence-electron chi connectivity index (χ0n) is 9.45. The topological polar surface area (TPSA) is 38.7 Å². The van der Waals surface area contributed by atoms with Crippen molar-refractivity contribution in [3.05, 3.63) is 23.5 Å². The van der Waals surface area contributed by atoms with E-state index in [0.717, 1.165) is 5.57 Å². The number of ether oxygens (including phenoxy) is 2. The Balaban J connectivity index is 3.05. The lowest BCUT2D eigenvalue weighted by molar-refractivity contribution is 0.0992. The number of rotatable bonds is 3. The lowest BCUT2D eigenvalue weighted by Gasteiger charge is -2.30. The van der Waals surface area contributed by atoms with Gasteiger partial charge in [-0.25, -0.2) is 0 Å². The molecule has 86 valence electrons. The van der Waals surface area contributed by atoms with Gasteiger partial charge < -0.3 is 14.6 Å². The van der Waals surface area contributed by atoms with E-state index in [0.29, 0.717) is 5.76 Å². The number of methoxy groups -OCH3 is 2. The molecule has 2 unspecified atom stereocenters. The first-order chi connectivity index (χ1) is 6.90. The predicted octanol–water partition coefficient (Wildman–Crippen LogP) is 2.01. The van der Waals surface area contributed by atoms with E-state index >= 15 is 0 Å². The summed E-state index contributed by atoms with van der Waals surface area (Å²) in [7, 11) is 3.24. The average molecular weight is 277 g/mol. The monoisotopic (exact) mass is 276 g/mol. The van der Waals surface area contributed by atoms with Crippen LogP contribution in [0.2, 0.25) is 0 Å². The van der Waals surface area contributed by atoms with Gasteiger partial charge in [-0.3, -0.25) is 0 Å². The Morgan fingerprint density at radius 1 is 1.33 bits per heavy atom. The van der Waals surface area contributed by atoms with Crippen molar-refractivity contribution in [1.29, 1.82) is 0 Å². The molecule has 0 aromatic rings. The molecular formula is C11H17BrO3. The highest BCUT2D eigenvalue weighted by Crippen LogP contribution is 2.32. The van der Waals surface area contributed by atoms with Crippen LogP contribution in [0.5, 0.6) is 0 Å². The van der Waals surface area contributed by atoms with Crippen LogP contribution < -0.4 is 0 Å². The van der Waals surface area contributed by atoms with Crippen LogP contribution in [-0.4, -0.2) is 35.9 Å². The third-order valence-electron chi connectivity index (χ3n) is 2.37. The third-order valence-corrected chi connectivity index (χ3v) is 3.16. The van der Waals surface area contributed by atoms with Crippen LogP contribution in [0.4, 0.5) is 0 Å². The quantitative estimate of drug-likeness (QED) is 0.802. The summed E-state index contributed by atoms with van der Waals surface area (Å²) in [5.74, 6) is 0.692. The Bertz CT molecular complexity index is 289. The molecule has 0 bridgehead atoms. The zero-order chi connectivity index (χ0) is 11.6. The van der Waals surface area contributed by atoms with E-state index in [1.165, 1.54) is 0 Å². The second-order valence-corrected chi connectivity index (χ2v) is 5.08. The van der Waals surface area contributed by atoms with Crippen LogP contribution >= 0.6 is 15.9 Å². The highest BCUT2D eigenvalue weighted by molar-refractivity contribution is 9.09. The highest BCUT2D eigenvalue weighted by atomic mass is 79.9. The molecule has 0 aliphatic heterocycles. The van der Waals surface area contributed by atoms with E-state index in [1.807, 2.05) is 12.2 Å². The minimum Gasteiger partial charge on any atom is -0.497 e. The Morgan fingerprint density at radius 3 is 2.33 bits per heavy atom. The Morgan fingerprint density at radius 2 is 1.93 bits per heavy atom. The molecule has 0 fully saturated rings. The lowest BCUT2D eigenvalue weighted by Crippen LogP contribution is -2.32. The molecule has 0 radical (unpaired) electrons. The molecule has 0 heterocycles. The molecule has 1 N–H and O–H groups in total.